The zero-order chi connectivity index (χ0) is 22.3. The Bertz CT molecular complexity index is 1150. The highest BCUT2D eigenvalue weighted by atomic mass is 32.2. The van der Waals surface area contributed by atoms with Crippen LogP contribution in [0.15, 0.2) is 41.3 Å². The fourth-order valence-electron chi connectivity index (χ4n) is 3.69. The van der Waals surface area contributed by atoms with E-state index in [9.17, 15) is 18.0 Å². The summed E-state index contributed by atoms with van der Waals surface area (Å²) in [6.07, 6.45) is -0.627. The maximum absolute atomic E-state index is 13.1. The monoisotopic (exact) mass is 443 g/mol. The van der Waals surface area contributed by atoms with Crippen molar-refractivity contribution in [3.63, 3.8) is 0 Å². The summed E-state index contributed by atoms with van der Waals surface area (Å²) in [7, 11) is -3.76. The molecule has 0 bridgehead atoms. The van der Waals surface area contributed by atoms with E-state index in [0.717, 1.165) is 11.1 Å². The number of fused-ring (bicyclic) bond motifs is 1. The second-order valence-electron chi connectivity index (χ2n) is 7.90. The van der Waals surface area contributed by atoms with Crippen molar-refractivity contribution in [2.45, 2.75) is 31.8 Å². The number of hydrogen-bond acceptors (Lipinski definition) is 5. The van der Waals surface area contributed by atoms with Crippen LogP contribution in [-0.2, 0) is 14.8 Å². The van der Waals surface area contributed by atoms with Crippen molar-refractivity contribution < 1.29 is 22.7 Å². The Morgan fingerprint density at radius 1 is 1.03 bits per heavy atom. The third-order valence-electron chi connectivity index (χ3n) is 5.80. The van der Waals surface area contributed by atoms with Gasteiger partial charge in [0, 0.05) is 31.7 Å². The van der Waals surface area contributed by atoms with Gasteiger partial charge in [-0.3, -0.25) is 9.59 Å². The molecule has 0 aliphatic carbocycles. The van der Waals surface area contributed by atoms with Gasteiger partial charge in [-0.05, 0) is 62.2 Å². The summed E-state index contributed by atoms with van der Waals surface area (Å²) in [5.74, 6) is 0.0262. The summed E-state index contributed by atoms with van der Waals surface area (Å²) in [4.78, 5) is 26.4. The molecule has 1 saturated heterocycles. The van der Waals surface area contributed by atoms with Crippen LogP contribution in [0.25, 0.3) is 0 Å². The van der Waals surface area contributed by atoms with Gasteiger partial charge in [-0.15, -0.1) is 0 Å². The number of carbonyl (C=O) groups is 2. The minimum Gasteiger partial charge on any atom is -0.479 e. The van der Waals surface area contributed by atoms with Crippen LogP contribution in [0, 0.1) is 13.8 Å². The molecule has 8 nitrogen and oxygen atoms in total. The summed E-state index contributed by atoms with van der Waals surface area (Å²) in [6.45, 7) is 6.61. The topological polar surface area (TPSA) is 96.0 Å². The van der Waals surface area contributed by atoms with E-state index in [1.807, 2.05) is 26.0 Å². The number of nitrogens with one attached hydrogen (secondary N) is 1. The number of amides is 2. The van der Waals surface area contributed by atoms with E-state index in [1.54, 1.807) is 24.0 Å². The van der Waals surface area contributed by atoms with Gasteiger partial charge >= 0.3 is 0 Å². The van der Waals surface area contributed by atoms with Crippen LogP contribution >= 0.6 is 0 Å². The molecular formula is C22H25N3O5S. The average Bonchev–Trinajstić information content (AvgIpc) is 2.75. The van der Waals surface area contributed by atoms with Crippen molar-refractivity contribution >= 4 is 27.5 Å². The Kier molecular flexibility index (Phi) is 5.49. The predicted molar refractivity (Wildman–Crippen MR) is 116 cm³/mol. The molecular weight excluding hydrogens is 418 g/mol. The van der Waals surface area contributed by atoms with Gasteiger partial charge in [-0.25, -0.2) is 8.42 Å². The first-order valence-electron chi connectivity index (χ1n) is 10.1. The zero-order valence-electron chi connectivity index (χ0n) is 17.7. The Labute approximate surface area is 181 Å². The van der Waals surface area contributed by atoms with E-state index >= 15 is 0 Å². The van der Waals surface area contributed by atoms with Crippen molar-refractivity contribution in [3.8, 4) is 5.75 Å². The molecule has 164 valence electrons. The maximum atomic E-state index is 13.1. The van der Waals surface area contributed by atoms with Gasteiger partial charge in [0.15, 0.2) is 6.10 Å². The molecule has 1 fully saturated rings. The molecule has 2 aromatic carbocycles. The molecule has 2 amide bonds. The van der Waals surface area contributed by atoms with Crippen LogP contribution in [0.5, 0.6) is 5.75 Å². The molecule has 9 heteroatoms. The molecule has 4 rings (SSSR count). The lowest BCUT2D eigenvalue weighted by molar-refractivity contribution is -0.122. The quantitative estimate of drug-likeness (QED) is 0.784. The van der Waals surface area contributed by atoms with Crippen LogP contribution in [0.4, 0.5) is 5.69 Å². The SMILES string of the molecule is Cc1ccc(C(=O)N2CCN(S(=O)(=O)c3ccc4c(c3)NC(=O)C(C)O4)CC2)cc1C. The Morgan fingerprint density at radius 3 is 2.42 bits per heavy atom. The highest BCUT2D eigenvalue weighted by Crippen LogP contribution is 2.33. The molecule has 1 N–H and O–H groups in total. The second-order valence-corrected chi connectivity index (χ2v) is 9.84. The number of benzene rings is 2. The molecule has 0 spiro atoms. The molecule has 2 aliphatic rings. The van der Waals surface area contributed by atoms with Crippen LogP contribution < -0.4 is 10.1 Å². The standard InChI is InChI=1S/C22H25N3O5S/c1-14-4-5-17(12-15(14)2)22(27)24-8-10-25(11-9-24)31(28,29)18-6-7-20-19(13-18)23-21(26)16(3)30-20/h4-7,12-13,16H,8-11H2,1-3H3,(H,23,26). The lowest BCUT2D eigenvalue weighted by atomic mass is 10.1. The van der Waals surface area contributed by atoms with Crippen molar-refractivity contribution in [1.29, 1.82) is 0 Å². The molecule has 1 atom stereocenters. The number of anilines is 1. The predicted octanol–water partition coefficient (Wildman–Crippen LogP) is 2.17. The lowest BCUT2D eigenvalue weighted by Crippen LogP contribution is -2.50. The molecule has 2 heterocycles. The summed E-state index contributed by atoms with van der Waals surface area (Å²) < 4.78 is 33.1. The number of nitrogens with zero attached hydrogens (tertiary/aromatic N) is 2. The highest BCUT2D eigenvalue weighted by molar-refractivity contribution is 7.89. The Balaban J connectivity index is 1.47. The van der Waals surface area contributed by atoms with E-state index in [1.165, 1.54) is 16.4 Å². The van der Waals surface area contributed by atoms with Crippen LogP contribution in [0.3, 0.4) is 0 Å². The van der Waals surface area contributed by atoms with Gasteiger partial charge in [0.05, 0.1) is 10.6 Å². The number of sulfonamides is 1. The van der Waals surface area contributed by atoms with E-state index in [2.05, 4.69) is 5.32 Å². The van der Waals surface area contributed by atoms with Crippen molar-refractivity contribution in [1.82, 2.24) is 9.21 Å². The molecule has 0 aromatic heterocycles. The van der Waals surface area contributed by atoms with E-state index in [0.29, 0.717) is 30.1 Å². The van der Waals surface area contributed by atoms with Crippen LogP contribution in [-0.4, -0.2) is 61.7 Å². The smallest absolute Gasteiger partial charge is 0.265 e. The summed E-state index contributed by atoms with van der Waals surface area (Å²) in [6, 6.07) is 10.0. The normalized spacial score (nSPS) is 19.4. The van der Waals surface area contributed by atoms with Gasteiger partial charge in [-0.1, -0.05) is 6.07 Å². The van der Waals surface area contributed by atoms with E-state index < -0.39 is 16.1 Å². The molecule has 1 unspecified atom stereocenters. The largest absolute Gasteiger partial charge is 0.479 e. The van der Waals surface area contributed by atoms with Gasteiger partial charge in [0.25, 0.3) is 11.8 Å². The van der Waals surface area contributed by atoms with Crippen molar-refractivity contribution in [2.24, 2.45) is 0 Å². The third-order valence-corrected chi connectivity index (χ3v) is 7.69. The fourth-order valence-corrected chi connectivity index (χ4v) is 5.13. The first kappa shape index (κ1) is 21.3. The summed E-state index contributed by atoms with van der Waals surface area (Å²) in [5, 5.41) is 2.67. The first-order chi connectivity index (χ1) is 14.7. The van der Waals surface area contributed by atoms with Gasteiger partial charge in [0.1, 0.15) is 5.75 Å². The third kappa shape index (κ3) is 4.03. The highest BCUT2D eigenvalue weighted by Gasteiger charge is 2.32. The van der Waals surface area contributed by atoms with Gasteiger partial charge in [-0.2, -0.15) is 4.31 Å². The van der Waals surface area contributed by atoms with Crippen LogP contribution in [0.1, 0.15) is 28.4 Å². The van der Waals surface area contributed by atoms with Gasteiger partial charge in [0.2, 0.25) is 10.0 Å². The molecule has 2 aliphatic heterocycles. The minimum atomic E-state index is -3.76. The number of carbonyl (C=O) groups excluding carboxylic acids is 2. The van der Waals surface area contributed by atoms with Crippen molar-refractivity contribution in [3.05, 3.63) is 53.1 Å². The minimum absolute atomic E-state index is 0.0821. The Morgan fingerprint density at radius 2 is 1.74 bits per heavy atom. The number of piperazine rings is 1. The van der Waals surface area contributed by atoms with Crippen LogP contribution in [0.2, 0.25) is 0 Å². The molecule has 2 aromatic rings. The molecule has 0 saturated carbocycles. The number of aryl methyl sites for hydroxylation is 2. The first-order valence-corrected chi connectivity index (χ1v) is 11.6. The Hall–Kier alpha value is -2.91. The number of ether oxygens (including phenoxy) is 1. The number of hydrogen-bond donors (Lipinski definition) is 1. The van der Waals surface area contributed by atoms with Gasteiger partial charge < -0.3 is 15.0 Å². The second kappa shape index (κ2) is 7.97. The van der Waals surface area contributed by atoms with Crippen molar-refractivity contribution in [2.75, 3.05) is 31.5 Å². The molecule has 31 heavy (non-hydrogen) atoms. The zero-order valence-corrected chi connectivity index (χ0v) is 18.5. The fraction of sp³-hybridized carbons (Fsp3) is 0.364. The average molecular weight is 444 g/mol. The summed E-state index contributed by atoms with van der Waals surface area (Å²) >= 11 is 0. The van der Waals surface area contributed by atoms with E-state index in [4.69, 9.17) is 4.74 Å². The summed E-state index contributed by atoms with van der Waals surface area (Å²) in [5.41, 5.74) is 3.12. The number of rotatable bonds is 3. The maximum Gasteiger partial charge on any atom is 0.265 e. The lowest BCUT2D eigenvalue weighted by Gasteiger charge is -2.34. The van der Waals surface area contributed by atoms with E-state index in [-0.39, 0.29) is 29.8 Å². The molecule has 0 radical (unpaired) electrons.